The van der Waals surface area contributed by atoms with Crippen LogP contribution < -0.4 is 5.32 Å². The highest BCUT2D eigenvalue weighted by atomic mass is 16.7. The molecular formula is C79H141NO13. The van der Waals surface area contributed by atoms with Crippen molar-refractivity contribution < 1.29 is 64.6 Å². The summed E-state index contributed by atoms with van der Waals surface area (Å²) < 4.78 is 22.9. The van der Waals surface area contributed by atoms with Crippen LogP contribution in [0.4, 0.5) is 0 Å². The molecule has 0 saturated carbocycles. The van der Waals surface area contributed by atoms with E-state index < -0.39 is 86.8 Å². The number of unbranched alkanes of at least 4 members (excludes halogenated alkanes) is 38. The van der Waals surface area contributed by atoms with E-state index in [0.29, 0.717) is 12.8 Å². The van der Waals surface area contributed by atoms with E-state index in [9.17, 15) is 45.6 Å². The summed E-state index contributed by atoms with van der Waals surface area (Å²) in [5.74, 6) is -0.248. The number of hydrogen-bond acceptors (Lipinski definition) is 13. The van der Waals surface area contributed by atoms with Gasteiger partial charge in [-0.1, -0.05) is 317 Å². The molecule has 2 fully saturated rings. The number of carbonyl (C=O) groups is 1. The molecule has 12 unspecified atom stereocenters. The number of aliphatic hydroxyl groups excluding tert-OH is 8. The molecule has 2 saturated heterocycles. The summed E-state index contributed by atoms with van der Waals surface area (Å²) in [4.78, 5) is 13.4. The van der Waals surface area contributed by atoms with E-state index in [1.807, 2.05) is 6.08 Å². The average molecular weight is 1310 g/mol. The number of aliphatic hydroxyl groups is 8. The summed E-state index contributed by atoms with van der Waals surface area (Å²) in [6, 6.07) is -0.937. The van der Waals surface area contributed by atoms with Crippen LogP contribution in [0.1, 0.15) is 316 Å². The molecule has 0 radical (unpaired) electrons. The number of allylic oxidation sites excluding steroid dienone is 13. The third kappa shape index (κ3) is 46.1. The van der Waals surface area contributed by atoms with E-state index in [1.54, 1.807) is 6.08 Å². The second kappa shape index (κ2) is 62.7. The Morgan fingerprint density at radius 1 is 0.398 bits per heavy atom. The molecule has 12 atom stereocenters. The number of carbonyl (C=O) groups excluding carboxylic acids is 1. The maximum Gasteiger partial charge on any atom is 0.220 e. The van der Waals surface area contributed by atoms with Gasteiger partial charge in [0.1, 0.15) is 48.8 Å². The van der Waals surface area contributed by atoms with Gasteiger partial charge in [0.15, 0.2) is 12.6 Å². The van der Waals surface area contributed by atoms with Crippen LogP contribution in [0.2, 0.25) is 0 Å². The lowest BCUT2D eigenvalue weighted by molar-refractivity contribution is -0.359. The van der Waals surface area contributed by atoms with E-state index in [4.69, 9.17) is 18.9 Å². The second-order valence-electron chi connectivity index (χ2n) is 26.7. The summed E-state index contributed by atoms with van der Waals surface area (Å²) >= 11 is 0. The van der Waals surface area contributed by atoms with Crippen molar-refractivity contribution in [3.8, 4) is 0 Å². The van der Waals surface area contributed by atoms with Gasteiger partial charge in [-0.05, 0) is 77.0 Å². The molecule has 0 spiro atoms. The summed E-state index contributed by atoms with van der Waals surface area (Å²) in [5.41, 5.74) is 0. The van der Waals surface area contributed by atoms with Crippen LogP contribution in [0.25, 0.3) is 0 Å². The lowest BCUT2D eigenvalue weighted by Crippen LogP contribution is -2.65. The molecule has 0 aromatic rings. The molecule has 540 valence electrons. The minimum Gasteiger partial charge on any atom is -0.394 e. The molecule has 2 rings (SSSR count). The number of nitrogens with one attached hydrogen (secondary N) is 1. The Bertz CT molecular complexity index is 1890. The Kier molecular flexibility index (Phi) is 58.1. The first-order valence-corrected chi connectivity index (χ1v) is 38.3. The van der Waals surface area contributed by atoms with Crippen LogP contribution in [-0.2, 0) is 23.7 Å². The molecule has 9 N–H and O–H groups in total. The SMILES string of the molecule is CC/C=C\C/C=C\C/C=C\C/C=C\C/C=C\CCCCCCCCCCCCCCCCCC(=O)NC(COC1OC(CO)C(OC2OC(CO)C(O)C(O)C2O)C(O)C1O)C(O)/C=C/CC/C=C/CCCCCCCCCCCCCCCCCCCCCCCC. The lowest BCUT2D eigenvalue weighted by atomic mass is 9.97. The Morgan fingerprint density at radius 2 is 0.753 bits per heavy atom. The van der Waals surface area contributed by atoms with Crippen molar-refractivity contribution in [1.29, 1.82) is 0 Å². The Labute approximate surface area is 567 Å². The quantitative estimate of drug-likeness (QED) is 0.0204. The first-order valence-electron chi connectivity index (χ1n) is 38.3. The van der Waals surface area contributed by atoms with Crippen LogP contribution in [0.15, 0.2) is 85.1 Å². The largest absolute Gasteiger partial charge is 0.394 e. The van der Waals surface area contributed by atoms with Crippen molar-refractivity contribution in [2.24, 2.45) is 0 Å². The zero-order valence-electron chi connectivity index (χ0n) is 59.0. The smallest absolute Gasteiger partial charge is 0.220 e. The molecule has 93 heavy (non-hydrogen) atoms. The first kappa shape index (κ1) is 86.3. The van der Waals surface area contributed by atoms with Crippen LogP contribution in [-0.4, -0.2) is 140 Å². The van der Waals surface area contributed by atoms with Crippen LogP contribution in [0, 0.1) is 0 Å². The van der Waals surface area contributed by atoms with Crippen molar-refractivity contribution in [3.05, 3.63) is 85.1 Å². The lowest BCUT2D eigenvalue weighted by Gasteiger charge is -2.46. The highest BCUT2D eigenvalue weighted by molar-refractivity contribution is 5.76. The van der Waals surface area contributed by atoms with Gasteiger partial charge in [0.05, 0.1) is 32.0 Å². The number of hydrogen-bond donors (Lipinski definition) is 9. The molecule has 0 aromatic heterocycles. The molecular weight excluding hydrogens is 1170 g/mol. The Balaban J connectivity index is 1.66. The molecule has 1 amide bonds. The summed E-state index contributed by atoms with van der Waals surface area (Å²) in [7, 11) is 0. The molecule has 0 aromatic carbocycles. The van der Waals surface area contributed by atoms with Gasteiger partial charge in [-0.25, -0.2) is 0 Å². The molecule has 2 aliphatic heterocycles. The maximum absolute atomic E-state index is 13.4. The first-order chi connectivity index (χ1) is 45.6. The maximum atomic E-state index is 13.4. The average Bonchev–Trinajstić information content (AvgIpc) is 0.851. The van der Waals surface area contributed by atoms with E-state index >= 15 is 0 Å². The van der Waals surface area contributed by atoms with Gasteiger partial charge >= 0.3 is 0 Å². The minimum atomic E-state index is -1.79. The van der Waals surface area contributed by atoms with E-state index in [1.165, 1.54) is 218 Å². The van der Waals surface area contributed by atoms with Crippen molar-refractivity contribution >= 4 is 5.91 Å². The predicted molar refractivity (Wildman–Crippen MR) is 383 cm³/mol. The molecule has 2 aliphatic rings. The van der Waals surface area contributed by atoms with Gasteiger partial charge in [0.25, 0.3) is 0 Å². The van der Waals surface area contributed by atoms with Crippen molar-refractivity contribution in [1.82, 2.24) is 5.32 Å². The van der Waals surface area contributed by atoms with Gasteiger partial charge in [-0.3, -0.25) is 4.79 Å². The van der Waals surface area contributed by atoms with Crippen LogP contribution in [0.5, 0.6) is 0 Å². The summed E-state index contributed by atoms with van der Waals surface area (Å²) in [5, 5.41) is 87.6. The predicted octanol–water partition coefficient (Wildman–Crippen LogP) is 16.7. The monoisotopic (exact) mass is 1310 g/mol. The minimum absolute atomic E-state index is 0.248. The van der Waals surface area contributed by atoms with Crippen molar-refractivity contribution in [3.63, 3.8) is 0 Å². The Morgan fingerprint density at radius 3 is 1.18 bits per heavy atom. The standard InChI is InChI=1S/C79H141NO13/c1-3-5-7-9-11-13-15-17-19-21-23-25-27-29-31-33-34-35-37-39-41-43-45-47-49-51-53-55-57-59-61-63-71(84)80-67(66-90-78-76(89)74(87)77(70(65-82)92-78)93-79-75(88)73(86)72(85)69(64-81)91-79)68(83)62-60-58-56-54-52-50-48-46-44-42-40-38-36-32-30-28-26-24-22-20-18-16-14-12-10-8-6-4-2/h5,7,11,13,17,19,23,25,29,31,52,54,60,62,67-70,72-79,81-83,85-89H,3-4,6,8-10,12,14-16,18,20-22,24,26-28,30,32-51,53,55-59,61,63-66H2,1-2H3,(H,80,84)/b7-5-,13-11-,19-17-,25-23-,31-29-,54-52+,62-60+. The van der Waals surface area contributed by atoms with E-state index in [0.717, 1.165) is 64.2 Å². The van der Waals surface area contributed by atoms with E-state index in [2.05, 4.69) is 92.1 Å². The fourth-order valence-corrected chi connectivity index (χ4v) is 12.3. The zero-order valence-corrected chi connectivity index (χ0v) is 59.0. The molecule has 0 aliphatic carbocycles. The molecule has 14 nitrogen and oxygen atoms in total. The number of rotatable bonds is 63. The van der Waals surface area contributed by atoms with Crippen LogP contribution in [0.3, 0.4) is 0 Å². The fourth-order valence-electron chi connectivity index (χ4n) is 12.3. The number of amides is 1. The van der Waals surface area contributed by atoms with E-state index in [-0.39, 0.29) is 18.9 Å². The van der Waals surface area contributed by atoms with Crippen molar-refractivity contribution in [2.75, 3.05) is 19.8 Å². The van der Waals surface area contributed by atoms with Gasteiger partial charge in [0.2, 0.25) is 5.91 Å². The van der Waals surface area contributed by atoms with Gasteiger partial charge in [-0.2, -0.15) is 0 Å². The third-order valence-corrected chi connectivity index (χ3v) is 18.3. The van der Waals surface area contributed by atoms with Crippen molar-refractivity contribution in [2.45, 2.75) is 389 Å². The zero-order chi connectivity index (χ0) is 67.3. The highest BCUT2D eigenvalue weighted by Gasteiger charge is 2.51. The molecule has 0 bridgehead atoms. The molecule has 14 heteroatoms. The van der Waals surface area contributed by atoms with Gasteiger partial charge < -0.3 is 65.1 Å². The third-order valence-electron chi connectivity index (χ3n) is 18.3. The summed E-state index contributed by atoms with van der Waals surface area (Å²) in [6.07, 6.45) is 70.8. The van der Waals surface area contributed by atoms with Gasteiger partial charge in [0, 0.05) is 6.42 Å². The molecule has 2 heterocycles. The summed E-state index contributed by atoms with van der Waals surface area (Å²) in [6.45, 7) is 2.71. The van der Waals surface area contributed by atoms with Gasteiger partial charge in [-0.15, -0.1) is 0 Å². The van der Waals surface area contributed by atoms with Crippen LogP contribution >= 0.6 is 0 Å². The topological polar surface area (TPSA) is 228 Å². The second-order valence-corrected chi connectivity index (χ2v) is 26.7. The highest BCUT2D eigenvalue weighted by Crippen LogP contribution is 2.30. The Hall–Kier alpha value is -2.83. The number of ether oxygens (including phenoxy) is 4. The fraction of sp³-hybridized carbons (Fsp3) is 0.810. The normalized spacial score (nSPS) is 23.0.